The van der Waals surface area contributed by atoms with Gasteiger partial charge in [-0.15, -0.1) is 0 Å². The average Bonchev–Trinajstić information content (AvgIpc) is 1.94. The molecule has 0 aromatic rings. The molecule has 0 aliphatic heterocycles. The van der Waals surface area contributed by atoms with Crippen LogP contribution in [0.4, 0.5) is 13.2 Å². The van der Waals surface area contributed by atoms with Crippen LogP contribution < -0.4 is 5.32 Å². The summed E-state index contributed by atoms with van der Waals surface area (Å²) in [7, 11) is 0. The molecular weight excluding hydrogens is 191 g/mol. The van der Waals surface area contributed by atoms with Crippen LogP contribution in [0, 0.1) is 11.8 Å². The summed E-state index contributed by atoms with van der Waals surface area (Å²) in [5.41, 5.74) is 0. The monoisotopic (exact) mass is 211 g/mol. The Bertz CT molecular complexity index is 152. The van der Waals surface area contributed by atoms with E-state index in [1.807, 2.05) is 13.8 Å². The van der Waals surface area contributed by atoms with E-state index in [9.17, 15) is 13.2 Å². The molecule has 0 unspecified atom stereocenters. The van der Waals surface area contributed by atoms with Crippen LogP contribution in [0.5, 0.6) is 0 Å². The van der Waals surface area contributed by atoms with Gasteiger partial charge in [-0.25, -0.2) is 0 Å². The van der Waals surface area contributed by atoms with Crippen molar-refractivity contribution in [2.24, 2.45) is 11.8 Å². The number of hydrogen-bond donors (Lipinski definition) is 1. The van der Waals surface area contributed by atoms with E-state index in [0.717, 1.165) is 6.42 Å². The molecule has 14 heavy (non-hydrogen) atoms. The Morgan fingerprint density at radius 1 is 1.07 bits per heavy atom. The Morgan fingerprint density at radius 2 is 1.57 bits per heavy atom. The van der Waals surface area contributed by atoms with E-state index in [-0.39, 0.29) is 0 Å². The number of halogens is 3. The molecule has 0 aromatic heterocycles. The predicted octanol–water partition coefficient (Wildman–Crippen LogP) is 3.21. The first-order chi connectivity index (χ1) is 6.25. The standard InChI is InChI=1S/C10H20F3N/c1-7(2)5-6-14-9(8(3)4)10(11,12)13/h7-9,14H,5-6H2,1-4H3/t9-/m1/s1. The summed E-state index contributed by atoms with van der Waals surface area (Å²) in [6.07, 6.45) is -3.36. The Labute approximate surface area is 84.1 Å². The molecule has 0 aliphatic carbocycles. The number of hydrogen-bond acceptors (Lipinski definition) is 1. The third kappa shape index (κ3) is 5.47. The molecule has 1 atom stereocenters. The van der Waals surface area contributed by atoms with Crippen molar-refractivity contribution in [2.75, 3.05) is 6.54 Å². The van der Waals surface area contributed by atoms with E-state index in [0.29, 0.717) is 12.5 Å². The van der Waals surface area contributed by atoms with Crippen LogP contribution in [0.1, 0.15) is 34.1 Å². The third-order valence-corrected chi connectivity index (χ3v) is 2.11. The molecule has 0 rings (SSSR count). The van der Waals surface area contributed by atoms with E-state index in [2.05, 4.69) is 5.32 Å². The molecule has 0 spiro atoms. The first-order valence-corrected chi connectivity index (χ1v) is 5.05. The van der Waals surface area contributed by atoms with Gasteiger partial charge in [0, 0.05) is 0 Å². The molecule has 0 aromatic carbocycles. The molecule has 86 valence electrons. The van der Waals surface area contributed by atoms with Crippen molar-refractivity contribution < 1.29 is 13.2 Å². The third-order valence-electron chi connectivity index (χ3n) is 2.11. The quantitative estimate of drug-likeness (QED) is 0.736. The van der Waals surface area contributed by atoms with E-state index in [4.69, 9.17) is 0 Å². The summed E-state index contributed by atoms with van der Waals surface area (Å²) in [6, 6.07) is -1.37. The molecule has 0 saturated heterocycles. The van der Waals surface area contributed by atoms with Crippen LogP contribution in [0.25, 0.3) is 0 Å². The van der Waals surface area contributed by atoms with Gasteiger partial charge in [0.15, 0.2) is 0 Å². The second kappa shape index (κ2) is 5.59. The maximum Gasteiger partial charge on any atom is 0.404 e. The molecule has 0 saturated carbocycles. The molecule has 0 radical (unpaired) electrons. The van der Waals surface area contributed by atoms with Crippen molar-refractivity contribution >= 4 is 0 Å². The molecule has 1 N–H and O–H groups in total. The summed E-state index contributed by atoms with van der Waals surface area (Å²) in [6.45, 7) is 7.60. The lowest BCUT2D eigenvalue weighted by molar-refractivity contribution is -0.165. The minimum Gasteiger partial charge on any atom is -0.306 e. The first-order valence-electron chi connectivity index (χ1n) is 5.05. The van der Waals surface area contributed by atoms with Gasteiger partial charge in [-0.3, -0.25) is 0 Å². The van der Waals surface area contributed by atoms with E-state index < -0.39 is 18.1 Å². The van der Waals surface area contributed by atoms with Crippen molar-refractivity contribution in [2.45, 2.75) is 46.3 Å². The van der Waals surface area contributed by atoms with Gasteiger partial charge in [-0.1, -0.05) is 27.7 Å². The molecule has 1 nitrogen and oxygen atoms in total. The van der Waals surface area contributed by atoms with E-state index in [1.54, 1.807) is 13.8 Å². The molecule has 0 amide bonds. The van der Waals surface area contributed by atoms with Crippen LogP contribution >= 0.6 is 0 Å². The summed E-state index contributed by atoms with van der Waals surface area (Å²) >= 11 is 0. The molecule has 4 heteroatoms. The van der Waals surface area contributed by atoms with Crippen molar-refractivity contribution in [1.82, 2.24) is 5.32 Å². The highest BCUT2D eigenvalue weighted by Gasteiger charge is 2.40. The predicted molar refractivity (Wildman–Crippen MR) is 52.1 cm³/mol. The van der Waals surface area contributed by atoms with Gasteiger partial charge >= 0.3 is 6.18 Å². The summed E-state index contributed by atoms with van der Waals surface area (Å²) in [5, 5.41) is 2.57. The van der Waals surface area contributed by atoms with E-state index >= 15 is 0 Å². The molecule has 0 fully saturated rings. The fourth-order valence-corrected chi connectivity index (χ4v) is 1.26. The zero-order valence-corrected chi connectivity index (χ0v) is 9.28. The lowest BCUT2D eigenvalue weighted by atomic mass is 10.0. The van der Waals surface area contributed by atoms with Crippen molar-refractivity contribution in [3.8, 4) is 0 Å². The fraction of sp³-hybridized carbons (Fsp3) is 1.00. The van der Waals surface area contributed by atoms with Crippen LogP contribution in [-0.2, 0) is 0 Å². The van der Waals surface area contributed by atoms with Gasteiger partial charge < -0.3 is 5.32 Å². The highest BCUT2D eigenvalue weighted by atomic mass is 19.4. The van der Waals surface area contributed by atoms with Crippen LogP contribution in [0.3, 0.4) is 0 Å². The smallest absolute Gasteiger partial charge is 0.306 e. The van der Waals surface area contributed by atoms with Gasteiger partial charge in [0.2, 0.25) is 0 Å². The van der Waals surface area contributed by atoms with Crippen molar-refractivity contribution in [3.05, 3.63) is 0 Å². The van der Waals surface area contributed by atoms with Gasteiger partial charge in [0.1, 0.15) is 6.04 Å². The summed E-state index contributed by atoms with van der Waals surface area (Å²) in [5.74, 6) is 0.0192. The van der Waals surface area contributed by atoms with Crippen molar-refractivity contribution in [1.29, 1.82) is 0 Å². The van der Waals surface area contributed by atoms with Gasteiger partial charge in [-0.05, 0) is 24.8 Å². The van der Waals surface area contributed by atoms with Gasteiger partial charge in [0.05, 0.1) is 0 Å². The number of nitrogens with one attached hydrogen (secondary N) is 1. The van der Waals surface area contributed by atoms with Crippen LogP contribution in [0.15, 0.2) is 0 Å². The molecule has 0 bridgehead atoms. The fourth-order valence-electron chi connectivity index (χ4n) is 1.26. The number of rotatable bonds is 5. The van der Waals surface area contributed by atoms with Gasteiger partial charge in [0.25, 0.3) is 0 Å². The molecular formula is C10H20F3N. The van der Waals surface area contributed by atoms with Gasteiger partial charge in [-0.2, -0.15) is 13.2 Å². The zero-order valence-electron chi connectivity index (χ0n) is 9.28. The highest BCUT2D eigenvalue weighted by molar-refractivity contribution is 4.78. The summed E-state index contributed by atoms with van der Waals surface area (Å²) < 4.78 is 37.3. The first kappa shape index (κ1) is 13.8. The summed E-state index contributed by atoms with van der Waals surface area (Å²) in [4.78, 5) is 0. The van der Waals surface area contributed by atoms with Crippen LogP contribution in [0.2, 0.25) is 0 Å². The minimum absolute atomic E-state index is 0.415. The highest BCUT2D eigenvalue weighted by Crippen LogP contribution is 2.25. The van der Waals surface area contributed by atoms with Crippen LogP contribution in [-0.4, -0.2) is 18.8 Å². The van der Waals surface area contributed by atoms with E-state index in [1.165, 1.54) is 0 Å². The minimum atomic E-state index is -4.13. The Hall–Kier alpha value is -0.250. The second-order valence-corrected chi connectivity index (χ2v) is 4.40. The lowest BCUT2D eigenvalue weighted by Gasteiger charge is -2.25. The Morgan fingerprint density at radius 3 is 1.86 bits per heavy atom. The topological polar surface area (TPSA) is 12.0 Å². The SMILES string of the molecule is CC(C)CCN[C@H](C(C)C)C(F)(F)F. The zero-order chi connectivity index (χ0) is 11.4. The Kier molecular flexibility index (Phi) is 5.49. The average molecular weight is 211 g/mol. The second-order valence-electron chi connectivity index (χ2n) is 4.40. The Balaban J connectivity index is 4.00. The maximum absolute atomic E-state index is 12.4. The molecule has 0 aliphatic rings. The normalized spacial score (nSPS) is 15.2. The molecule has 0 heterocycles. The number of alkyl halides is 3. The largest absolute Gasteiger partial charge is 0.404 e. The maximum atomic E-state index is 12.4. The lowest BCUT2D eigenvalue weighted by Crippen LogP contribution is -2.46. The van der Waals surface area contributed by atoms with Crippen molar-refractivity contribution in [3.63, 3.8) is 0 Å².